The van der Waals surface area contributed by atoms with Crippen molar-refractivity contribution >= 4 is 12.0 Å². The van der Waals surface area contributed by atoms with Gasteiger partial charge in [0.25, 0.3) is 6.29 Å². The van der Waals surface area contributed by atoms with E-state index in [1.54, 1.807) is 54.6 Å². The van der Waals surface area contributed by atoms with Crippen molar-refractivity contribution in [1.82, 2.24) is 10.6 Å². The molecule has 2 amide bonds. The highest BCUT2D eigenvalue weighted by atomic mass is 16.8. The van der Waals surface area contributed by atoms with Crippen LogP contribution in [-0.2, 0) is 30.2 Å². The third-order valence-electron chi connectivity index (χ3n) is 9.78. The van der Waals surface area contributed by atoms with Crippen LogP contribution < -0.4 is 29.6 Å². The number of carbonyl (C=O) groups excluding carboxylic acids is 1. The van der Waals surface area contributed by atoms with Crippen LogP contribution in [0.5, 0.6) is 23.0 Å². The van der Waals surface area contributed by atoms with E-state index in [9.17, 15) is 30.0 Å². The van der Waals surface area contributed by atoms with Gasteiger partial charge >= 0.3 is 6.09 Å². The minimum atomic E-state index is -2.33. The molecule has 0 unspecified atom stereocenters. The number of carbonyl (C=O) groups is 2. The zero-order valence-corrected chi connectivity index (χ0v) is 28.6. The average Bonchev–Trinajstić information content (AvgIpc) is 3.54. The minimum absolute atomic E-state index is 0.0422. The lowest BCUT2D eigenvalue weighted by Gasteiger charge is -2.40. The fourth-order valence-electron chi connectivity index (χ4n) is 7.48. The lowest BCUT2D eigenvalue weighted by atomic mass is 9.70. The van der Waals surface area contributed by atoms with Crippen molar-refractivity contribution in [2.45, 2.75) is 48.0 Å². The Balaban J connectivity index is 1.49. The number of aliphatic hydroxyl groups excluding tert-OH is 3. The Morgan fingerprint density at radius 2 is 1.67 bits per heavy atom. The van der Waals surface area contributed by atoms with Gasteiger partial charge in [-0.05, 0) is 23.3 Å². The fourth-order valence-corrected chi connectivity index (χ4v) is 7.48. The normalized spacial score (nSPS) is 29.6. The molecular weight excluding hydrogens is 684 g/mol. The van der Waals surface area contributed by atoms with Crippen LogP contribution in [0.4, 0.5) is 4.79 Å². The summed E-state index contributed by atoms with van der Waals surface area (Å²) in [4.78, 5) is 25.1. The van der Waals surface area contributed by atoms with Crippen molar-refractivity contribution in [3.05, 3.63) is 83.4 Å². The maximum Gasteiger partial charge on any atom is 0.404 e. The van der Waals surface area contributed by atoms with E-state index in [4.69, 9.17) is 38.3 Å². The maximum absolute atomic E-state index is 14.1. The molecule has 1 saturated carbocycles. The van der Waals surface area contributed by atoms with Gasteiger partial charge in [-0.25, -0.2) is 4.79 Å². The molecule has 2 heterocycles. The van der Waals surface area contributed by atoms with E-state index in [1.165, 1.54) is 33.5 Å². The zero-order valence-electron chi connectivity index (χ0n) is 28.6. The summed E-state index contributed by atoms with van der Waals surface area (Å²) in [6.07, 6.45) is -7.50. The molecule has 52 heavy (non-hydrogen) atoms. The number of carboxylic acid groups (broad SMARTS) is 1. The number of fused-ring (bicyclic) bond motifs is 3. The van der Waals surface area contributed by atoms with E-state index in [0.717, 1.165) is 0 Å². The second kappa shape index (κ2) is 15.1. The van der Waals surface area contributed by atoms with E-state index in [2.05, 4.69) is 10.6 Å². The largest absolute Gasteiger partial charge is 0.497 e. The first-order valence-corrected chi connectivity index (χ1v) is 16.5. The Bertz CT molecular complexity index is 1730. The third kappa shape index (κ3) is 6.25. The molecular formula is C36H42N2O14. The molecule has 6 rings (SSSR count). The van der Waals surface area contributed by atoms with Crippen LogP contribution in [0.3, 0.4) is 0 Å². The number of rotatable bonds is 13. The van der Waals surface area contributed by atoms with Gasteiger partial charge in [0, 0.05) is 38.2 Å². The predicted octanol–water partition coefficient (Wildman–Crippen LogP) is 0.784. The summed E-state index contributed by atoms with van der Waals surface area (Å²) < 4.78 is 41.2. The second-order valence-electron chi connectivity index (χ2n) is 12.6. The lowest BCUT2D eigenvalue weighted by molar-refractivity contribution is -0.324. The van der Waals surface area contributed by atoms with Gasteiger partial charge in [-0.3, -0.25) is 4.79 Å². The van der Waals surface area contributed by atoms with Gasteiger partial charge < -0.3 is 69.3 Å². The topological polar surface area (TPSA) is 224 Å². The van der Waals surface area contributed by atoms with Gasteiger partial charge in [-0.2, -0.15) is 0 Å². The quantitative estimate of drug-likeness (QED) is 0.121. The number of hydrogen-bond acceptors (Lipinski definition) is 13. The van der Waals surface area contributed by atoms with Gasteiger partial charge in [0.15, 0.2) is 11.2 Å². The molecule has 7 N–H and O–H groups in total. The molecule has 2 fully saturated rings. The number of methoxy groups -OCH3 is 3. The maximum atomic E-state index is 14.1. The monoisotopic (exact) mass is 726 g/mol. The number of nitrogens with one attached hydrogen (secondary N) is 2. The van der Waals surface area contributed by atoms with E-state index < -0.39 is 72.5 Å². The van der Waals surface area contributed by atoms with Crippen LogP contribution in [0.2, 0.25) is 0 Å². The van der Waals surface area contributed by atoms with Gasteiger partial charge in [0.1, 0.15) is 41.3 Å². The molecule has 0 aromatic heterocycles. The Morgan fingerprint density at radius 1 is 0.962 bits per heavy atom. The number of amides is 2. The van der Waals surface area contributed by atoms with Crippen LogP contribution >= 0.6 is 0 Å². The van der Waals surface area contributed by atoms with Crippen molar-refractivity contribution < 1.29 is 68.3 Å². The molecule has 3 aliphatic rings. The zero-order chi connectivity index (χ0) is 37.2. The van der Waals surface area contributed by atoms with Gasteiger partial charge in [-0.1, -0.05) is 42.5 Å². The van der Waals surface area contributed by atoms with Crippen molar-refractivity contribution in [3.63, 3.8) is 0 Å². The molecule has 1 saturated heterocycles. The predicted molar refractivity (Wildman–Crippen MR) is 179 cm³/mol. The van der Waals surface area contributed by atoms with Gasteiger partial charge in [-0.15, -0.1) is 0 Å². The molecule has 1 aliphatic carbocycles. The van der Waals surface area contributed by atoms with Gasteiger partial charge in [0.05, 0.1) is 38.9 Å². The Hall–Kier alpha value is -4.68. The highest BCUT2D eigenvalue weighted by Gasteiger charge is 2.78. The molecule has 0 radical (unpaired) electrons. The fraction of sp³-hybridized carbons (Fsp3) is 0.444. The van der Waals surface area contributed by atoms with E-state index >= 15 is 0 Å². The molecule has 2 aliphatic heterocycles. The van der Waals surface area contributed by atoms with Crippen molar-refractivity contribution in [3.8, 4) is 23.0 Å². The molecule has 0 spiro atoms. The summed E-state index contributed by atoms with van der Waals surface area (Å²) in [5.74, 6) is -2.27. The highest BCUT2D eigenvalue weighted by molar-refractivity contribution is 5.83. The molecule has 280 valence electrons. The number of aliphatic hydroxyl groups is 4. The van der Waals surface area contributed by atoms with Crippen LogP contribution in [0, 0.1) is 5.92 Å². The average molecular weight is 727 g/mol. The Labute approximate surface area is 298 Å². The number of hydrogen-bond donors (Lipinski definition) is 7. The summed E-state index contributed by atoms with van der Waals surface area (Å²) in [5.41, 5.74) is -3.20. The van der Waals surface area contributed by atoms with Crippen LogP contribution in [-0.4, -0.2) is 116 Å². The summed E-state index contributed by atoms with van der Waals surface area (Å²) in [6.45, 7) is -0.828. The van der Waals surface area contributed by atoms with Crippen molar-refractivity contribution in [1.29, 1.82) is 0 Å². The number of ether oxygens (including phenoxy) is 7. The smallest absolute Gasteiger partial charge is 0.404 e. The molecule has 3 aromatic rings. The van der Waals surface area contributed by atoms with Crippen LogP contribution in [0.25, 0.3) is 0 Å². The van der Waals surface area contributed by atoms with Gasteiger partial charge in [0.2, 0.25) is 12.2 Å². The third-order valence-corrected chi connectivity index (χ3v) is 9.78. The van der Waals surface area contributed by atoms with Crippen LogP contribution in [0.15, 0.2) is 66.7 Å². The summed E-state index contributed by atoms with van der Waals surface area (Å²) in [7, 11) is 4.25. The summed E-state index contributed by atoms with van der Waals surface area (Å²) >= 11 is 0. The van der Waals surface area contributed by atoms with Crippen molar-refractivity contribution in [2.75, 3.05) is 47.6 Å². The highest BCUT2D eigenvalue weighted by Crippen LogP contribution is 2.70. The molecule has 9 atom stereocenters. The Kier molecular flexibility index (Phi) is 10.8. The Morgan fingerprint density at radius 3 is 2.31 bits per heavy atom. The lowest BCUT2D eigenvalue weighted by Crippen LogP contribution is -2.52. The number of benzene rings is 3. The first-order chi connectivity index (χ1) is 25.0. The molecule has 16 heteroatoms. The van der Waals surface area contributed by atoms with Crippen LogP contribution in [0.1, 0.15) is 22.6 Å². The molecule has 16 nitrogen and oxygen atoms in total. The molecule has 3 aromatic carbocycles. The SMILES string of the molecule is COc1ccc([C@@]23Oc4cc(O[C@@H]5O[C@@H]([C@H](O)CO)CO[C@H]5OC)cc(OC)c4[C@]2(O)[C@H](O)[C@H](C(=O)NCCNC(=O)O)[C@H]3c2ccccc2)cc1. The van der Waals surface area contributed by atoms with Crippen molar-refractivity contribution in [2.24, 2.45) is 5.92 Å². The van der Waals surface area contributed by atoms with E-state index in [1.807, 2.05) is 0 Å². The standard InChI is InChI=1S/C36H42N2O14/c1-46-21-11-9-20(10-12-21)36-28(19-7-5-4-6-8-19)27(31(42)37-13-14-38-34(43)44)30(41)35(36,45)29-24(47-2)15-22(16-25(29)52-36)50-33-32(48-3)49-18-26(51-33)23(40)17-39/h4-12,15-16,23,26-28,30,32-33,38-41,45H,13-14,17-18H2,1-3H3,(H,37,42)(H,43,44)/t23-,26-,27-,28-,30-,32-,33-,35+,36+/m1/s1. The first-order valence-electron chi connectivity index (χ1n) is 16.5. The van der Waals surface area contributed by atoms with E-state index in [-0.39, 0.29) is 42.5 Å². The summed E-state index contributed by atoms with van der Waals surface area (Å²) in [5, 5.41) is 59.1. The molecule has 0 bridgehead atoms. The minimum Gasteiger partial charge on any atom is -0.497 e. The van der Waals surface area contributed by atoms with E-state index in [0.29, 0.717) is 16.9 Å². The summed E-state index contributed by atoms with van der Waals surface area (Å²) in [6, 6.07) is 18.5. The first kappa shape index (κ1) is 37.1. The second-order valence-corrected chi connectivity index (χ2v) is 12.6.